The summed E-state index contributed by atoms with van der Waals surface area (Å²) in [4.78, 5) is 23.0. The molecule has 16 heavy (non-hydrogen) atoms. The maximum absolute atomic E-state index is 11.6. The van der Waals surface area contributed by atoms with Crippen LogP contribution in [0.2, 0.25) is 0 Å². The molecule has 1 aliphatic carbocycles. The molecule has 1 aliphatic rings. The van der Waals surface area contributed by atoms with Crippen LogP contribution in [0, 0.1) is 5.92 Å². The van der Waals surface area contributed by atoms with Gasteiger partial charge in [-0.25, -0.2) is 0 Å². The molecule has 0 saturated heterocycles. The molecule has 2 rings (SSSR count). The van der Waals surface area contributed by atoms with Crippen molar-refractivity contribution in [2.75, 3.05) is 6.54 Å². The van der Waals surface area contributed by atoms with Gasteiger partial charge < -0.3 is 5.32 Å². The summed E-state index contributed by atoms with van der Waals surface area (Å²) in [6.07, 6.45) is 2.88. The maximum atomic E-state index is 11.6. The number of hydrogen-bond donors (Lipinski definition) is 1. The van der Waals surface area contributed by atoms with E-state index >= 15 is 0 Å². The minimum absolute atomic E-state index is 0.00761. The smallest absolute Gasteiger partial charge is 0.220 e. The van der Waals surface area contributed by atoms with Gasteiger partial charge in [-0.15, -0.1) is 0 Å². The van der Waals surface area contributed by atoms with Gasteiger partial charge >= 0.3 is 0 Å². The summed E-state index contributed by atoms with van der Waals surface area (Å²) < 4.78 is 0. The van der Waals surface area contributed by atoms with Crippen LogP contribution in [0.1, 0.15) is 29.6 Å². The van der Waals surface area contributed by atoms with Gasteiger partial charge in [-0.1, -0.05) is 30.3 Å². The minimum Gasteiger partial charge on any atom is -0.349 e. The molecule has 1 saturated carbocycles. The maximum Gasteiger partial charge on any atom is 0.220 e. The molecule has 1 N–H and O–H groups in total. The second kappa shape index (κ2) is 4.92. The number of ketones is 1. The average molecular weight is 217 g/mol. The van der Waals surface area contributed by atoms with E-state index in [9.17, 15) is 9.59 Å². The monoisotopic (exact) mass is 217 g/mol. The van der Waals surface area contributed by atoms with Gasteiger partial charge in [-0.2, -0.15) is 0 Å². The third-order valence-corrected chi connectivity index (χ3v) is 2.71. The fraction of sp³-hybridized carbons (Fsp3) is 0.385. The zero-order chi connectivity index (χ0) is 11.4. The zero-order valence-electron chi connectivity index (χ0n) is 9.11. The van der Waals surface area contributed by atoms with Crippen LogP contribution in [-0.2, 0) is 4.79 Å². The van der Waals surface area contributed by atoms with Crippen molar-refractivity contribution in [1.82, 2.24) is 5.32 Å². The quantitative estimate of drug-likeness (QED) is 0.764. The summed E-state index contributed by atoms with van der Waals surface area (Å²) in [5, 5.41) is 2.66. The SMILES string of the molecule is O=C(CC1CC1)NCC(=O)c1ccccc1. The molecule has 0 aromatic heterocycles. The summed E-state index contributed by atoms with van der Waals surface area (Å²) in [5.74, 6) is 0.517. The normalized spacial score (nSPS) is 14.5. The minimum atomic E-state index is -0.0373. The van der Waals surface area contributed by atoms with Gasteiger partial charge in [0.25, 0.3) is 0 Å². The molecule has 1 amide bonds. The summed E-state index contributed by atoms with van der Waals surface area (Å²) in [7, 11) is 0. The van der Waals surface area contributed by atoms with Crippen molar-refractivity contribution in [2.24, 2.45) is 5.92 Å². The molecule has 0 unspecified atom stereocenters. The van der Waals surface area contributed by atoms with Gasteiger partial charge in [0.15, 0.2) is 5.78 Å². The molecule has 1 aromatic rings. The van der Waals surface area contributed by atoms with Crippen LogP contribution >= 0.6 is 0 Å². The second-order valence-corrected chi connectivity index (χ2v) is 4.21. The van der Waals surface area contributed by atoms with E-state index < -0.39 is 0 Å². The van der Waals surface area contributed by atoms with Gasteiger partial charge in [-0.3, -0.25) is 9.59 Å². The summed E-state index contributed by atoms with van der Waals surface area (Å²) >= 11 is 0. The van der Waals surface area contributed by atoms with E-state index in [0.29, 0.717) is 17.9 Å². The molecule has 1 aromatic carbocycles. The lowest BCUT2D eigenvalue weighted by Gasteiger charge is -2.03. The average Bonchev–Trinajstić information content (AvgIpc) is 3.11. The predicted molar refractivity (Wildman–Crippen MR) is 61.1 cm³/mol. The molecule has 0 spiro atoms. The molecule has 84 valence electrons. The third-order valence-electron chi connectivity index (χ3n) is 2.71. The van der Waals surface area contributed by atoms with Crippen molar-refractivity contribution in [3.8, 4) is 0 Å². The lowest BCUT2D eigenvalue weighted by atomic mass is 10.1. The standard InChI is InChI=1S/C13H15NO2/c15-12(11-4-2-1-3-5-11)9-14-13(16)8-10-6-7-10/h1-5,10H,6-9H2,(H,14,16). The van der Waals surface area contributed by atoms with Gasteiger partial charge in [0, 0.05) is 12.0 Å². The molecule has 0 radical (unpaired) electrons. The van der Waals surface area contributed by atoms with Crippen molar-refractivity contribution in [1.29, 1.82) is 0 Å². The summed E-state index contributed by atoms with van der Waals surface area (Å²) in [6, 6.07) is 9.02. The highest BCUT2D eigenvalue weighted by Crippen LogP contribution is 2.31. The van der Waals surface area contributed by atoms with Gasteiger partial charge in [0.1, 0.15) is 0 Å². The number of amides is 1. The zero-order valence-corrected chi connectivity index (χ0v) is 9.11. The van der Waals surface area contributed by atoms with Gasteiger partial charge in [-0.05, 0) is 18.8 Å². The predicted octanol–water partition coefficient (Wildman–Crippen LogP) is 1.79. The van der Waals surface area contributed by atoms with Crippen LogP contribution in [0.5, 0.6) is 0 Å². The lowest BCUT2D eigenvalue weighted by Crippen LogP contribution is -2.29. The Kier molecular flexibility index (Phi) is 3.34. The van der Waals surface area contributed by atoms with Gasteiger partial charge in [0.05, 0.1) is 6.54 Å². The molecule has 0 aliphatic heterocycles. The van der Waals surface area contributed by atoms with E-state index in [0.717, 1.165) is 12.8 Å². The molecule has 0 heterocycles. The second-order valence-electron chi connectivity index (χ2n) is 4.21. The van der Waals surface area contributed by atoms with Crippen molar-refractivity contribution < 1.29 is 9.59 Å². The Balaban J connectivity index is 1.77. The molecule has 1 fully saturated rings. The van der Waals surface area contributed by atoms with Gasteiger partial charge in [0.2, 0.25) is 5.91 Å². The Morgan fingerprint density at radius 2 is 1.88 bits per heavy atom. The highest BCUT2D eigenvalue weighted by molar-refractivity contribution is 5.99. The number of hydrogen-bond acceptors (Lipinski definition) is 2. The topological polar surface area (TPSA) is 46.2 Å². The van der Waals surface area contributed by atoms with Crippen LogP contribution in [0.15, 0.2) is 30.3 Å². The van der Waals surface area contributed by atoms with Crippen LogP contribution in [-0.4, -0.2) is 18.2 Å². The number of benzene rings is 1. The molecule has 3 heteroatoms. The Labute approximate surface area is 94.9 Å². The number of carbonyl (C=O) groups excluding carboxylic acids is 2. The van der Waals surface area contributed by atoms with E-state index in [1.165, 1.54) is 0 Å². The van der Waals surface area contributed by atoms with Crippen LogP contribution in [0.25, 0.3) is 0 Å². The first-order chi connectivity index (χ1) is 7.75. The third kappa shape index (κ3) is 3.19. The fourth-order valence-corrected chi connectivity index (χ4v) is 1.56. The Morgan fingerprint density at radius 1 is 1.19 bits per heavy atom. The highest BCUT2D eigenvalue weighted by Gasteiger charge is 2.24. The molecular weight excluding hydrogens is 202 g/mol. The Bertz CT molecular complexity index is 382. The van der Waals surface area contributed by atoms with Crippen molar-refractivity contribution >= 4 is 11.7 Å². The van der Waals surface area contributed by atoms with E-state index in [4.69, 9.17) is 0 Å². The van der Waals surface area contributed by atoms with Crippen LogP contribution in [0.3, 0.4) is 0 Å². The number of nitrogens with one attached hydrogen (secondary N) is 1. The molecular formula is C13H15NO2. The van der Waals surface area contributed by atoms with Crippen molar-refractivity contribution in [3.63, 3.8) is 0 Å². The van der Waals surface area contributed by atoms with E-state index in [-0.39, 0.29) is 18.2 Å². The number of rotatable bonds is 5. The fourth-order valence-electron chi connectivity index (χ4n) is 1.56. The highest BCUT2D eigenvalue weighted by atomic mass is 16.2. The Morgan fingerprint density at radius 3 is 2.50 bits per heavy atom. The molecule has 0 atom stereocenters. The Hall–Kier alpha value is -1.64. The van der Waals surface area contributed by atoms with Crippen LogP contribution < -0.4 is 5.32 Å². The van der Waals surface area contributed by atoms with Crippen molar-refractivity contribution in [3.05, 3.63) is 35.9 Å². The van der Waals surface area contributed by atoms with E-state index in [1.807, 2.05) is 18.2 Å². The van der Waals surface area contributed by atoms with E-state index in [2.05, 4.69) is 5.32 Å². The summed E-state index contributed by atoms with van der Waals surface area (Å²) in [6.45, 7) is 0.107. The molecule has 0 bridgehead atoms. The van der Waals surface area contributed by atoms with E-state index in [1.54, 1.807) is 12.1 Å². The largest absolute Gasteiger partial charge is 0.349 e. The first kappa shape index (κ1) is 10.9. The van der Waals surface area contributed by atoms with Crippen molar-refractivity contribution in [2.45, 2.75) is 19.3 Å². The first-order valence-corrected chi connectivity index (χ1v) is 5.60. The first-order valence-electron chi connectivity index (χ1n) is 5.60. The number of Topliss-reactive ketones (excluding diaryl/α,β-unsaturated/α-hetero) is 1. The molecule has 3 nitrogen and oxygen atoms in total. The van der Waals surface area contributed by atoms with Crippen LogP contribution in [0.4, 0.5) is 0 Å². The summed E-state index contributed by atoms with van der Waals surface area (Å²) in [5.41, 5.74) is 0.647. The lowest BCUT2D eigenvalue weighted by molar-refractivity contribution is -0.121. The number of carbonyl (C=O) groups is 2.